The Hall–Kier alpha value is -4.63. The quantitative estimate of drug-likeness (QED) is 0.351. The predicted octanol–water partition coefficient (Wildman–Crippen LogP) is 3.95. The van der Waals surface area contributed by atoms with Gasteiger partial charge in [0.1, 0.15) is 28.2 Å². The number of carboxylic acids is 1. The molecule has 1 fully saturated rings. The van der Waals surface area contributed by atoms with Gasteiger partial charge in [0.15, 0.2) is 5.43 Å². The second kappa shape index (κ2) is 10.4. The molecule has 0 bridgehead atoms. The smallest absolute Gasteiger partial charge is 0.335 e. The van der Waals surface area contributed by atoms with E-state index in [1.807, 2.05) is 6.07 Å². The number of rotatable bonds is 6. The fourth-order valence-electron chi connectivity index (χ4n) is 4.76. The van der Waals surface area contributed by atoms with E-state index in [9.17, 15) is 29.7 Å². The number of carbonyl (C=O) groups is 2. The van der Waals surface area contributed by atoms with Crippen LogP contribution in [0.4, 0.5) is 0 Å². The Balaban J connectivity index is 1.71. The minimum atomic E-state index is -1.10. The fourth-order valence-corrected chi connectivity index (χ4v) is 4.76. The minimum absolute atomic E-state index is 0.0454. The third-order valence-electron chi connectivity index (χ3n) is 6.71. The monoisotopic (exact) mass is 515 g/mol. The van der Waals surface area contributed by atoms with Crippen molar-refractivity contribution in [1.82, 2.24) is 4.90 Å². The second-order valence-corrected chi connectivity index (χ2v) is 9.05. The van der Waals surface area contributed by atoms with Crippen LogP contribution in [0.15, 0.2) is 75.9 Å². The lowest BCUT2D eigenvalue weighted by Crippen LogP contribution is -2.41. The standard InChI is InChI=1S/C29H25NO8/c31-21-15-22(32)27-23(33)16-24(18-4-2-1-3-5-18)38-28(27)26(21)20(14-25(34)30-10-12-37-13-11-30)17-6-8-19(9-7-17)29(35)36/h1-9,15-16,20,31-32H,10-14H2,(H,35,36)/t20-/m0/s1. The lowest BCUT2D eigenvalue weighted by atomic mass is 9.85. The highest BCUT2D eigenvalue weighted by Gasteiger charge is 2.30. The summed E-state index contributed by atoms with van der Waals surface area (Å²) < 4.78 is 11.5. The van der Waals surface area contributed by atoms with Gasteiger partial charge in [0.2, 0.25) is 5.91 Å². The van der Waals surface area contributed by atoms with Gasteiger partial charge in [-0.2, -0.15) is 0 Å². The molecule has 1 aliphatic rings. The maximum Gasteiger partial charge on any atom is 0.335 e. The highest BCUT2D eigenvalue weighted by atomic mass is 16.5. The van der Waals surface area contributed by atoms with Crippen LogP contribution in [0.1, 0.15) is 33.8 Å². The molecule has 0 spiro atoms. The van der Waals surface area contributed by atoms with Crippen molar-refractivity contribution >= 4 is 22.8 Å². The van der Waals surface area contributed by atoms with E-state index in [1.54, 1.807) is 41.3 Å². The summed E-state index contributed by atoms with van der Waals surface area (Å²) in [5.74, 6) is -2.70. The number of nitrogens with zero attached hydrogens (tertiary/aromatic N) is 1. The lowest BCUT2D eigenvalue weighted by Gasteiger charge is -2.29. The van der Waals surface area contributed by atoms with Gasteiger partial charge in [0, 0.05) is 48.7 Å². The maximum absolute atomic E-state index is 13.4. The van der Waals surface area contributed by atoms with Crippen LogP contribution in [0, 0.1) is 0 Å². The molecule has 1 saturated heterocycles. The molecule has 38 heavy (non-hydrogen) atoms. The minimum Gasteiger partial charge on any atom is -0.507 e. The molecule has 1 amide bonds. The molecule has 0 radical (unpaired) electrons. The molecule has 5 rings (SSSR count). The van der Waals surface area contributed by atoms with Crippen molar-refractivity contribution in [3.05, 3.63) is 93.6 Å². The number of aromatic carboxylic acids is 1. The van der Waals surface area contributed by atoms with E-state index < -0.39 is 23.1 Å². The van der Waals surface area contributed by atoms with Crippen LogP contribution in [-0.4, -0.2) is 58.4 Å². The molecule has 9 nitrogen and oxygen atoms in total. The molecule has 194 valence electrons. The number of amides is 1. The van der Waals surface area contributed by atoms with Crippen molar-refractivity contribution in [2.75, 3.05) is 26.3 Å². The van der Waals surface area contributed by atoms with Crippen LogP contribution in [0.2, 0.25) is 0 Å². The second-order valence-electron chi connectivity index (χ2n) is 9.05. The number of hydrogen-bond donors (Lipinski definition) is 3. The third kappa shape index (κ3) is 4.83. The summed E-state index contributed by atoms with van der Waals surface area (Å²) in [6, 6.07) is 17.2. The van der Waals surface area contributed by atoms with E-state index in [0.717, 1.165) is 6.07 Å². The zero-order valence-corrected chi connectivity index (χ0v) is 20.3. The van der Waals surface area contributed by atoms with Gasteiger partial charge in [0.25, 0.3) is 0 Å². The summed E-state index contributed by atoms with van der Waals surface area (Å²) >= 11 is 0. The molecule has 0 aliphatic carbocycles. The normalized spacial score (nSPS) is 14.4. The number of morpholine rings is 1. The Morgan fingerprint density at radius 1 is 0.921 bits per heavy atom. The van der Waals surface area contributed by atoms with Crippen LogP contribution in [0.3, 0.4) is 0 Å². The van der Waals surface area contributed by atoms with Gasteiger partial charge >= 0.3 is 5.97 Å². The topological polar surface area (TPSA) is 138 Å². The van der Waals surface area contributed by atoms with Gasteiger partial charge in [-0.05, 0) is 17.7 Å². The van der Waals surface area contributed by atoms with E-state index in [1.165, 1.54) is 18.2 Å². The third-order valence-corrected chi connectivity index (χ3v) is 6.71. The van der Waals surface area contributed by atoms with Crippen LogP contribution in [-0.2, 0) is 9.53 Å². The Morgan fingerprint density at radius 3 is 2.26 bits per heavy atom. The van der Waals surface area contributed by atoms with Crippen molar-refractivity contribution in [3.8, 4) is 22.8 Å². The first-order chi connectivity index (χ1) is 18.3. The first-order valence-electron chi connectivity index (χ1n) is 12.1. The molecule has 3 aromatic carbocycles. The number of phenols is 2. The molecule has 9 heteroatoms. The number of hydrogen-bond acceptors (Lipinski definition) is 7. The average Bonchev–Trinajstić information content (AvgIpc) is 2.93. The van der Waals surface area contributed by atoms with Gasteiger partial charge in [0.05, 0.1) is 18.8 Å². The number of fused-ring (bicyclic) bond motifs is 1. The van der Waals surface area contributed by atoms with E-state index >= 15 is 0 Å². The molecule has 3 N–H and O–H groups in total. The summed E-state index contributed by atoms with van der Waals surface area (Å²) in [6.45, 7) is 1.65. The van der Waals surface area contributed by atoms with E-state index in [0.29, 0.717) is 37.4 Å². The summed E-state index contributed by atoms with van der Waals surface area (Å²) in [4.78, 5) is 39.6. The molecule has 2 heterocycles. The highest BCUT2D eigenvalue weighted by Crippen LogP contribution is 2.43. The zero-order chi connectivity index (χ0) is 26.8. The zero-order valence-electron chi connectivity index (χ0n) is 20.3. The van der Waals surface area contributed by atoms with Gasteiger partial charge in [-0.3, -0.25) is 9.59 Å². The molecule has 1 aromatic heterocycles. The van der Waals surface area contributed by atoms with Gasteiger partial charge in [-0.1, -0.05) is 42.5 Å². The number of carboxylic acid groups (broad SMARTS) is 1. The molecule has 0 saturated carbocycles. The van der Waals surface area contributed by atoms with Crippen LogP contribution in [0.25, 0.3) is 22.3 Å². The number of carbonyl (C=O) groups excluding carboxylic acids is 1. The summed E-state index contributed by atoms with van der Waals surface area (Å²) in [5.41, 5.74) is 0.806. The first kappa shape index (κ1) is 25.0. The fraction of sp³-hybridized carbons (Fsp3) is 0.207. The largest absolute Gasteiger partial charge is 0.507 e. The molecular formula is C29H25NO8. The summed E-state index contributed by atoms with van der Waals surface area (Å²) in [7, 11) is 0. The van der Waals surface area contributed by atoms with Crippen molar-refractivity contribution < 1.29 is 34.1 Å². The van der Waals surface area contributed by atoms with Gasteiger partial charge in [-0.25, -0.2) is 4.79 Å². The Bertz CT molecular complexity index is 1550. The molecular weight excluding hydrogens is 490 g/mol. The van der Waals surface area contributed by atoms with E-state index in [-0.39, 0.29) is 45.9 Å². The Morgan fingerprint density at radius 2 is 1.61 bits per heavy atom. The van der Waals surface area contributed by atoms with Crippen LogP contribution in [0.5, 0.6) is 11.5 Å². The Kier molecular flexibility index (Phi) is 6.85. The molecule has 1 aliphatic heterocycles. The van der Waals surface area contributed by atoms with E-state index in [4.69, 9.17) is 9.15 Å². The number of aromatic hydroxyl groups is 2. The van der Waals surface area contributed by atoms with Gasteiger partial charge < -0.3 is 29.4 Å². The Labute approximate surface area is 217 Å². The first-order valence-corrected chi connectivity index (χ1v) is 12.1. The predicted molar refractivity (Wildman–Crippen MR) is 139 cm³/mol. The molecule has 0 unspecified atom stereocenters. The van der Waals surface area contributed by atoms with Crippen LogP contribution < -0.4 is 5.43 Å². The van der Waals surface area contributed by atoms with Gasteiger partial charge in [-0.15, -0.1) is 0 Å². The maximum atomic E-state index is 13.4. The number of ether oxygens (including phenoxy) is 1. The number of benzene rings is 3. The summed E-state index contributed by atoms with van der Waals surface area (Å²) in [6.07, 6.45) is -0.0981. The van der Waals surface area contributed by atoms with Crippen molar-refractivity contribution in [1.29, 1.82) is 0 Å². The number of phenolic OH excluding ortho intramolecular Hbond substituents is 2. The SMILES string of the molecule is O=C(O)c1ccc([C@H](CC(=O)N2CCOCC2)c2c(O)cc(O)c3c(=O)cc(-c4ccccc4)oc23)cc1. The van der Waals surface area contributed by atoms with Crippen LogP contribution >= 0.6 is 0 Å². The van der Waals surface area contributed by atoms with Crippen molar-refractivity contribution in [2.45, 2.75) is 12.3 Å². The average molecular weight is 516 g/mol. The van der Waals surface area contributed by atoms with Crippen molar-refractivity contribution in [2.24, 2.45) is 0 Å². The highest BCUT2D eigenvalue weighted by molar-refractivity contribution is 5.91. The molecule has 4 aromatic rings. The molecule has 1 atom stereocenters. The summed E-state index contributed by atoms with van der Waals surface area (Å²) in [5, 5.41) is 30.9. The van der Waals surface area contributed by atoms with Crippen molar-refractivity contribution in [3.63, 3.8) is 0 Å². The lowest BCUT2D eigenvalue weighted by molar-refractivity contribution is -0.135. The van der Waals surface area contributed by atoms with E-state index in [2.05, 4.69) is 0 Å².